The molecule has 0 spiro atoms. The molecule has 1 aliphatic heterocycles. The van der Waals surface area contributed by atoms with Gasteiger partial charge >= 0.3 is 29.9 Å². The molecule has 6 heterocycles. The molecule has 332 valence electrons. The Morgan fingerprint density at radius 1 is 0.631 bits per heavy atom. The van der Waals surface area contributed by atoms with Gasteiger partial charge in [0, 0.05) is 33.8 Å². The smallest absolute Gasteiger partial charge is 0.358 e. The number of rotatable bonds is 10. The van der Waals surface area contributed by atoms with E-state index in [0.717, 1.165) is 28.1 Å². The molecular formula is C47H43ClN8O9. The topological polar surface area (TPSA) is 216 Å². The van der Waals surface area contributed by atoms with Crippen LogP contribution in [0.4, 0.5) is 0 Å². The normalized spacial score (nSPS) is 11.4. The van der Waals surface area contributed by atoms with Crippen molar-refractivity contribution >= 4 is 35.2 Å². The molecule has 0 atom stereocenters. The van der Waals surface area contributed by atoms with Crippen LogP contribution in [0.3, 0.4) is 0 Å². The third-order valence-electron chi connectivity index (χ3n) is 8.90. The number of benzene rings is 3. The van der Waals surface area contributed by atoms with Crippen LogP contribution in [0.15, 0.2) is 152 Å². The molecule has 18 heteroatoms. The number of esters is 2. The zero-order valence-electron chi connectivity index (χ0n) is 35.9. The fourth-order valence-electron chi connectivity index (χ4n) is 5.83. The fourth-order valence-corrected chi connectivity index (χ4v) is 5.96. The van der Waals surface area contributed by atoms with Gasteiger partial charge in [0.25, 0.3) is 5.35 Å². The summed E-state index contributed by atoms with van der Waals surface area (Å²) in [6.45, 7) is 10.2. The third kappa shape index (κ3) is 12.5. The van der Waals surface area contributed by atoms with Gasteiger partial charge in [0.1, 0.15) is 0 Å². The highest BCUT2D eigenvalue weighted by molar-refractivity contribution is 6.27. The van der Waals surface area contributed by atoms with Crippen molar-refractivity contribution in [2.45, 2.75) is 34.6 Å². The van der Waals surface area contributed by atoms with Crippen molar-refractivity contribution in [1.29, 1.82) is 0 Å². The van der Waals surface area contributed by atoms with E-state index < -0.39 is 11.9 Å². The lowest BCUT2D eigenvalue weighted by Gasteiger charge is -1.99. The highest BCUT2D eigenvalue weighted by Crippen LogP contribution is 2.24. The molecule has 3 aromatic carbocycles. The SMILES string of the molecule is CCOC(=O)C1=CC(C)=NC1.CCOC(=O)c1cc(C)n(-c2ncc(-c3ccccc3)o2)n1.Cc1cc(C(=O)O)nn1-c1ncc(-c2ccccc2)o1.Clc1ncc(-c2ccccc2)o1. The van der Waals surface area contributed by atoms with E-state index >= 15 is 0 Å². The molecule has 1 aliphatic rings. The molecule has 0 saturated carbocycles. The average molecular weight is 899 g/mol. The molecule has 1 N–H and O–H groups in total. The first-order valence-electron chi connectivity index (χ1n) is 20.1. The molecule has 17 nitrogen and oxygen atoms in total. The molecule has 0 fully saturated rings. The van der Waals surface area contributed by atoms with Gasteiger partial charge in [-0.1, -0.05) is 91.0 Å². The number of ether oxygens (including phenoxy) is 2. The summed E-state index contributed by atoms with van der Waals surface area (Å²) in [6, 6.07) is 32.6. The Kier molecular flexibility index (Phi) is 15.9. The van der Waals surface area contributed by atoms with Crippen LogP contribution in [-0.4, -0.2) is 83.0 Å². The Balaban J connectivity index is 0.000000150. The van der Waals surface area contributed by atoms with Crippen molar-refractivity contribution in [3.05, 3.63) is 161 Å². The molecule has 0 unspecified atom stereocenters. The van der Waals surface area contributed by atoms with E-state index in [1.165, 1.54) is 15.4 Å². The maximum absolute atomic E-state index is 11.7. The summed E-state index contributed by atoms with van der Waals surface area (Å²) in [6.07, 6.45) is 6.59. The van der Waals surface area contributed by atoms with Crippen molar-refractivity contribution in [3.63, 3.8) is 0 Å². The number of hydrogen-bond acceptors (Lipinski definition) is 14. The highest BCUT2D eigenvalue weighted by Gasteiger charge is 2.18. The van der Waals surface area contributed by atoms with Gasteiger partial charge in [0.2, 0.25) is 0 Å². The van der Waals surface area contributed by atoms with E-state index in [2.05, 4.69) is 30.1 Å². The highest BCUT2D eigenvalue weighted by atomic mass is 35.5. The van der Waals surface area contributed by atoms with Crippen molar-refractivity contribution in [3.8, 4) is 46.0 Å². The molecule has 0 radical (unpaired) electrons. The summed E-state index contributed by atoms with van der Waals surface area (Å²) in [4.78, 5) is 49.8. The lowest BCUT2D eigenvalue weighted by atomic mass is 10.2. The lowest BCUT2D eigenvalue weighted by molar-refractivity contribution is -0.138. The minimum atomic E-state index is -1.08. The lowest BCUT2D eigenvalue weighted by Crippen LogP contribution is -2.08. The van der Waals surface area contributed by atoms with Crippen molar-refractivity contribution in [2.75, 3.05) is 19.8 Å². The zero-order chi connectivity index (χ0) is 46.3. The van der Waals surface area contributed by atoms with E-state index in [9.17, 15) is 14.4 Å². The monoisotopic (exact) mass is 898 g/mol. The number of aromatic nitrogens is 7. The van der Waals surface area contributed by atoms with Crippen LogP contribution >= 0.6 is 11.6 Å². The summed E-state index contributed by atoms with van der Waals surface area (Å²) in [5.74, 6) is 0.158. The van der Waals surface area contributed by atoms with Crippen molar-refractivity contribution in [1.82, 2.24) is 34.5 Å². The molecule has 0 bridgehead atoms. The Hall–Kier alpha value is -8.18. The van der Waals surface area contributed by atoms with Crippen molar-refractivity contribution in [2.24, 2.45) is 4.99 Å². The summed E-state index contributed by atoms with van der Waals surface area (Å²) in [7, 11) is 0. The van der Waals surface area contributed by atoms with E-state index in [-0.39, 0.29) is 28.7 Å². The van der Waals surface area contributed by atoms with Gasteiger partial charge in [-0.05, 0) is 64.4 Å². The molecule has 9 rings (SSSR count). The Labute approximate surface area is 377 Å². The second-order valence-corrected chi connectivity index (χ2v) is 14.0. The fraction of sp³-hybridized carbons (Fsp3) is 0.170. The Morgan fingerprint density at radius 3 is 1.46 bits per heavy atom. The number of carboxylic acids is 1. The predicted octanol–water partition coefficient (Wildman–Crippen LogP) is 9.49. The average Bonchev–Trinajstić information content (AvgIpc) is 4.19. The zero-order valence-corrected chi connectivity index (χ0v) is 36.7. The number of allylic oxidation sites excluding steroid dienone is 1. The van der Waals surface area contributed by atoms with E-state index in [0.29, 0.717) is 54.3 Å². The number of aryl methyl sites for hydroxylation is 2. The second kappa shape index (κ2) is 22.3. The van der Waals surface area contributed by atoms with Crippen LogP contribution in [0.2, 0.25) is 5.35 Å². The predicted molar refractivity (Wildman–Crippen MR) is 240 cm³/mol. The first-order chi connectivity index (χ1) is 31.4. The molecule has 5 aromatic heterocycles. The maximum Gasteiger partial charge on any atom is 0.358 e. The molecular weight excluding hydrogens is 856 g/mol. The van der Waals surface area contributed by atoms with Crippen LogP contribution in [0.1, 0.15) is 53.1 Å². The summed E-state index contributed by atoms with van der Waals surface area (Å²) in [5, 5.41) is 17.2. The van der Waals surface area contributed by atoms with Crippen LogP contribution in [-0.2, 0) is 14.3 Å². The van der Waals surface area contributed by atoms with E-state index in [1.54, 1.807) is 51.5 Å². The van der Waals surface area contributed by atoms with Crippen LogP contribution in [0.5, 0.6) is 0 Å². The molecule has 0 saturated heterocycles. The summed E-state index contributed by atoms with van der Waals surface area (Å²) < 4.78 is 29.1. The van der Waals surface area contributed by atoms with Gasteiger partial charge in [-0.2, -0.15) is 29.5 Å². The Bertz CT molecular complexity index is 2900. The number of hydrogen-bond donors (Lipinski definition) is 1. The maximum atomic E-state index is 11.7. The van der Waals surface area contributed by atoms with Crippen LogP contribution < -0.4 is 0 Å². The number of carboxylic acid groups (broad SMARTS) is 1. The number of aliphatic imine (C=N–C) groups is 1. The first kappa shape index (κ1) is 46.3. The first-order valence-corrected chi connectivity index (χ1v) is 20.4. The van der Waals surface area contributed by atoms with Gasteiger partial charge < -0.3 is 27.8 Å². The molecule has 65 heavy (non-hydrogen) atoms. The minimum absolute atomic E-state index is 0.0399. The van der Waals surface area contributed by atoms with E-state index in [4.69, 9.17) is 39.4 Å². The van der Waals surface area contributed by atoms with Gasteiger partial charge in [-0.15, -0.1) is 0 Å². The van der Waals surface area contributed by atoms with Gasteiger partial charge in [0.05, 0.1) is 43.9 Å². The molecule has 0 amide bonds. The van der Waals surface area contributed by atoms with E-state index in [1.807, 2.05) is 105 Å². The third-order valence-corrected chi connectivity index (χ3v) is 9.07. The standard InChI is InChI=1S/C16H15N3O3.C14H11N3O3.C9H6ClNO.C8H11NO2/c1-3-21-15(20)13-9-11(2)19(18-13)16-17-10-14(22-16)12-7-5-4-6-8-12;1-9-7-11(13(18)19)16-17(9)14-15-8-12(20-14)10-5-3-2-4-6-10;10-9-11-6-8(12-9)7-4-2-1-3-5-7;1-3-11-8(10)7-4-6(2)9-5-7/h4-10H,3H2,1-2H3;2-8H,1H3,(H,18,19);1-6H;4H,3,5H2,1-2H3. The quantitative estimate of drug-likeness (QED) is 0.127. The Morgan fingerprint density at radius 2 is 1.06 bits per heavy atom. The van der Waals surface area contributed by atoms with Crippen LogP contribution in [0, 0.1) is 13.8 Å². The number of nitrogens with zero attached hydrogens (tertiary/aromatic N) is 8. The molecule has 8 aromatic rings. The van der Waals surface area contributed by atoms with Crippen molar-refractivity contribution < 1.29 is 42.2 Å². The largest absolute Gasteiger partial charge is 0.476 e. The number of halogens is 1. The summed E-state index contributed by atoms with van der Waals surface area (Å²) >= 11 is 5.53. The summed E-state index contributed by atoms with van der Waals surface area (Å²) in [5.41, 5.74) is 5.94. The van der Waals surface area contributed by atoms with Gasteiger partial charge in [-0.3, -0.25) is 4.99 Å². The number of carbonyl (C=O) groups excluding carboxylic acids is 2. The molecule has 0 aliphatic carbocycles. The number of oxazole rings is 3. The van der Waals surface area contributed by atoms with Crippen LogP contribution in [0.25, 0.3) is 46.0 Å². The number of carbonyl (C=O) groups is 3. The number of aromatic carboxylic acids is 1. The van der Waals surface area contributed by atoms with Gasteiger partial charge in [-0.25, -0.2) is 19.4 Å². The second-order valence-electron chi connectivity index (χ2n) is 13.6. The minimum Gasteiger partial charge on any atom is -0.476 e. The van der Waals surface area contributed by atoms with Gasteiger partial charge in [0.15, 0.2) is 28.7 Å².